The first kappa shape index (κ1) is 11.5. The molecule has 0 amide bonds. The summed E-state index contributed by atoms with van der Waals surface area (Å²) in [6, 6.07) is 7.18. The summed E-state index contributed by atoms with van der Waals surface area (Å²) in [5.41, 5.74) is 2.30. The Kier molecular flexibility index (Phi) is 3.54. The van der Waals surface area contributed by atoms with Gasteiger partial charge in [-0.3, -0.25) is 0 Å². The lowest BCUT2D eigenvalue weighted by molar-refractivity contribution is 0.628. The Morgan fingerprint density at radius 3 is 2.75 bits per heavy atom. The van der Waals surface area contributed by atoms with Gasteiger partial charge in [-0.15, -0.1) is 0 Å². The molecule has 86 valence electrons. The van der Waals surface area contributed by atoms with Crippen LogP contribution in [0.2, 0.25) is 0 Å². The minimum Gasteiger partial charge on any atom is -0.344 e. The van der Waals surface area contributed by atoms with Crippen molar-refractivity contribution in [1.82, 2.24) is 4.57 Å². The molecular formula is C13H16FNS. The van der Waals surface area contributed by atoms with E-state index in [0.29, 0.717) is 0 Å². The number of rotatable bonds is 4. The van der Waals surface area contributed by atoms with Crippen molar-refractivity contribution in [2.45, 2.75) is 26.1 Å². The first-order valence-corrected chi connectivity index (χ1v) is 6.77. The average Bonchev–Trinajstić information content (AvgIpc) is 2.63. The van der Waals surface area contributed by atoms with Crippen molar-refractivity contribution in [3.8, 4) is 0 Å². The van der Waals surface area contributed by atoms with Crippen LogP contribution >= 0.6 is 11.8 Å². The molecule has 0 radical (unpaired) electrons. The highest BCUT2D eigenvalue weighted by Gasteiger charge is 2.07. The number of fused-ring (bicyclic) bond motifs is 1. The van der Waals surface area contributed by atoms with Crippen LogP contribution in [-0.2, 0) is 12.3 Å². The lowest BCUT2D eigenvalue weighted by Gasteiger charge is -2.06. The zero-order valence-corrected chi connectivity index (χ0v) is 10.5. The van der Waals surface area contributed by atoms with Crippen LogP contribution in [0.15, 0.2) is 24.3 Å². The van der Waals surface area contributed by atoms with E-state index in [9.17, 15) is 4.39 Å². The van der Waals surface area contributed by atoms with E-state index in [1.54, 1.807) is 6.07 Å². The van der Waals surface area contributed by atoms with Gasteiger partial charge in [0, 0.05) is 23.4 Å². The van der Waals surface area contributed by atoms with Gasteiger partial charge in [0.05, 0.1) is 5.52 Å². The van der Waals surface area contributed by atoms with Gasteiger partial charge in [-0.2, -0.15) is 11.8 Å². The van der Waals surface area contributed by atoms with Gasteiger partial charge in [-0.1, -0.05) is 6.92 Å². The maximum absolute atomic E-state index is 13.2. The summed E-state index contributed by atoms with van der Waals surface area (Å²) in [6.45, 7) is 5.15. The van der Waals surface area contributed by atoms with Crippen molar-refractivity contribution >= 4 is 22.7 Å². The molecule has 0 aliphatic rings. The molecule has 0 N–H and O–H groups in total. The predicted molar refractivity (Wildman–Crippen MR) is 69.4 cm³/mol. The van der Waals surface area contributed by atoms with Crippen molar-refractivity contribution in [3.05, 3.63) is 35.8 Å². The molecule has 0 bridgehead atoms. The van der Waals surface area contributed by atoms with E-state index in [4.69, 9.17) is 0 Å². The molecule has 3 heteroatoms. The molecule has 0 fully saturated rings. The standard InChI is InChI=1S/C13H16FNS/c1-3-15-12(9-16-4-2)7-10-5-6-11(14)8-13(10)15/h5-8H,3-4,9H2,1-2H3. The van der Waals surface area contributed by atoms with E-state index in [1.807, 2.05) is 17.8 Å². The molecule has 16 heavy (non-hydrogen) atoms. The van der Waals surface area contributed by atoms with E-state index in [0.717, 1.165) is 29.0 Å². The molecule has 0 aliphatic carbocycles. The van der Waals surface area contributed by atoms with Gasteiger partial charge in [0.15, 0.2) is 0 Å². The van der Waals surface area contributed by atoms with Crippen molar-refractivity contribution in [1.29, 1.82) is 0 Å². The third-order valence-electron chi connectivity index (χ3n) is 2.72. The Morgan fingerprint density at radius 1 is 1.25 bits per heavy atom. The fourth-order valence-corrected chi connectivity index (χ4v) is 2.64. The Hall–Kier alpha value is -0.960. The Morgan fingerprint density at radius 2 is 2.06 bits per heavy atom. The van der Waals surface area contributed by atoms with Gasteiger partial charge in [0.1, 0.15) is 5.82 Å². The van der Waals surface area contributed by atoms with E-state index < -0.39 is 0 Å². The van der Waals surface area contributed by atoms with Crippen LogP contribution in [0, 0.1) is 5.82 Å². The van der Waals surface area contributed by atoms with E-state index in [1.165, 1.54) is 11.8 Å². The summed E-state index contributed by atoms with van der Waals surface area (Å²) in [5.74, 6) is 1.95. The molecule has 2 aromatic rings. The molecule has 0 saturated heterocycles. The molecule has 1 nitrogen and oxygen atoms in total. The van der Waals surface area contributed by atoms with Gasteiger partial charge in [0.25, 0.3) is 0 Å². The maximum atomic E-state index is 13.2. The van der Waals surface area contributed by atoms with Crippen molar-refractivity contribution in [2.75, 3.05) is 5.75 Å². The number of halogens is 1. The van der Waals surface area contributed by atoms with Gasteiger partial charge in [0.2, 0.25) is 0 Å². The summed E-state index contributed by atoms with van der Waals surface area (Å²) in [6.07, 6.45) is 0. The molecule has 2 rings (SSSR count). The van der Waals surface area contributed by atoms with Crippen LogP contribution in [0.4, 0.5) is 4.39 Å². The second-order valence-electron chi connectivity index (χ2n) is 3.72. The SMILES string of the molecule is CCSCc1cc2ccc(F)cc2n1CC. The highest BCUT2D eigenvalue weighted by Crippen LogP contribution is 2.24. The number of aryl methyl sites for hydroxylation is 1. The molecule has 1 aromatic carbocycles. The first-order chi connectivity index (χ1) is 7.76. The summed E-state index contributed by atoms with van der Waals surface area (Å²) in [5, 5.41) is 1.13. The average molecular weight is 237 g/mol. The molecule has 0 saturated carbocycles. The molecule has 1 aromatic heterocycles. The number of hydrogen-bond donors (Lipinski definition) is 0. The summed E-state index contributed by atoms with van der Waals surface area (Å²) in [4.78, 5) is 0. The molecular weight excluding hydrogens is 221 g/mol. The lowest BCUT2D eigenvalue weighted by Crippen LogP contribution is -1.99. The van der Waals surface area contributed by atoms with Crippen LogP contribution in [0.5, 0.6) is 0 Å². The zero-order valence-electron chi connectivity index (χ0n) is 9.66. The highest BCUT2D eigenvalue weighted by atomic mass is 32.2. The van der Waals surface area contributed by atoms with Gasteiger partial charge < -0.3 is 4.57 Å². The normalized spacial score (nSPS) is 11.2. The monoisotopic (exact) mass is 237 g/mol. The van der Waals surface area contributed by atoms with E-state index >= 15 is 0 Å². The van der Waals surface area contributed by atoms with E-state index in [-0.39, 0.29) is 5.82 Å². The first-order valence-electron chi connectivity index (χ1n) is 5.61. The minimum absolute atomic E-state index is 0.157. The topological polar surface area (TPSA) is 4.93 Å². The number of benzene rings is 1. The third-order valence-corrected chi connectivity index (χ3v) is 3.63. The third kappa shape index (κ3) is 2.09. The van der Waals surface area contributed by atoms with Crippen molar-refractivity contribution in [3.63, 3.8) is 0 Å². The van der Waals surface area contributed by atoms with Crippen LogP contribution in [0.25, 0.3) is 10.9 Å². The van der Waals surface area contributed by atoms with Crippen LogP contribution < -0.4 is 0 Å². The Labute approximate surface area is 99.6 Å². The minimum atomic E-state index is -0.157. The zero-order chi connectivity index (χ0) is 11.5. The Balaban J connectivity index is 2.49. The van der Waals surface area contributed by atoms with Gasteiger partial charge in [-0.25, -0.2) is 4.39 Å². The predicted octanol–water partition coefficient (Wildman–Crippen LogP) is 4.05. The summed E-state index contributed by atoms with van der Waals surface area (Å²) >= 11 is 1.90. The molecule has 1 heterocycles. The quantitative estimate of drug-likeness (QED) is 0.776. The maximum Gasteiger partial charge on any atom is 0.125 e. The van der Waals surface area contributed by atoms with Crippen molar-refractivity contribution in [2.24, 2.45) is 0 Å². The lowest BCUT2D eigenvalue weighted by atomic mass is 10.2. The second kappa shape index (κ2) is 4.91. The fourth-order valence-electron chi connectivity index (χ4n) is 1.98. The number of aromatic nitrogens is 1. The molecule has 0 aliphatic heterocycles. The van der Waals surface area contributed by atoms with Crippen molar-refractivity contribution < 1.29 is 4.39 Å². The second-order valence-corrected chi connectivity index (χ2v) is 4.99. The smallest absolute Gasteiger partial charge is 0.125 e. The number of hydrogen-bond acceptors (Lipinski definition) is 1. The van der Waals surface area contributed by atoms with Crippen LogP contribution in [0.1, 0.15) is 19.5 Å². The fraction of sp³-hybridized carbons (Fsp3) is 0.385. The highest BCUT2D eigenvalue weighted by molar-refractivity contribution is 7.98. The molecule has 0 spiro atoms. The summed E-state index contributed by atoms with van der Waals surface area (Å²) < 4.78 is 15.4. The number of nitrogens with zero attached hydrogens (tertiary/aromatic N) is 1. The van der Waals surface area contributed by atoms with Gasteiger partial charge >= 0.3 is 0 Å². The van der Waals surface area contributed by atoms with Gasteiger partial charge in [-0.05, 0) is 36.9 Å². The molecule has 0 atom stereocenters. The van der Waals surface area contributed by atoms with Crippen LogP contribution in [0.3, 0.4) is 0 Å². The van der Waals surface area contributed by atoms with E-state index in [2.05, 4.69) is 24.5 Å². The number of thioether (sulfide) groups is 1. The molecule has 0 unspecified atom stereocenters. The van der Waals surface area contributed by atoms with Crippen LogP contribution in [-0.4, -0.2) is 10.3 Å². The summed E-state index contributed by atoms with van der Waals surface area (Å²) in [7, 11) is 0. The largest absolute Gasteiger partial charge is 0.344 e. The Bertz CT molecular complexity index is 490.